The molecule has 1 aliphatic carbocycles. The molecule has 2 aromatic rings. The van der Waals surface area contributed by atoms with Crippen LogP contribution in [0.2, 0.25) is 0 Å². The molecule has 0 spiro atoms. The molecule has 3 amide bonds. The molecule has 1 saturated heterocycles. The third kappa shape index (κ3) is 5.62. The quantitative estimate of drug-likeness (QED) is 0.422. The van der Waals surface area contributed by atoms with Gasteiger partial charge in [0.1, 0.15) is 5.75 Å². The number of aromatic nitrogens is 1. The van der Waals surface area contributed by atoms with Gasteiger partial charge in [-0.1, -0.05) is 0 Å². The van der Waals surface area contributed by atoms with Gasteiger partial charge in [-0.15, -0.1) is 0 Å². The molecule has 1 saturated carbocycles. The lowest BCUT2D eigenvalue weighted by Gasteiger charge is -2.39. The van der Waals surface area contributed by atoms with Crippen LogP contribution in [-0.4, -0.2) is 67.7 Å². The molecule has 2 fully saturated rings. The summed E-state index contributed by atoms with van der Waals surface area (Å²) < 4.78 is 11.1. The number of nitrogens with one attached hydrogen (secondary N) is 3. The molecule has 0 bridgehead atoms. The number of benzene rings is 1. The van der Waals surface area contributed by atoms with E-state index in [4.69, 9.17) is 9.47 Å². The third-order valence-corrected chi connectivity index (χ3v) is 7.85. The van der Waals surface area contributed by atoms with Crippen molar-refractivity contribution in [1.82, 2.24) is 15.6 Å². The van der Waals surface area contributed by atoms with Gasteiger partial charge in [-0.3, -0.25) is 19.4 Å². The minimum atomic E-state index is -0.978. The van der Waals surface area contributed by atoms with E-state index in [0.29, 0.717) is 56.2 Å². The van der Waals surface area contributed by atoms with Crippen LogP contribution in [0.5, 0.6) is 5.75 Å². The molecule has 10 heteroatoms. The lowest BCUT2D eigenvalue weighted by Crippen LogP contribution is -2.53. The Balaban J connectivity index is 1.23. The molecule has 3 heterocycles. The Bertz CT molecular complexity index is 1230. The Morgan fingerprint density at radius 3 is 2.67 bits per heavy atom. The molecular weight excluding hydrogens is 498 g/mol. The molecule has 5 rings (SSSR count). The zero-order valence-electron chi connectivity index (χ0n) is 22.8. The summed E-state index contributed by atoms with van der Waals surface area (Å²) in [5.74, 6) is 0.0272. The minimum absolute atomic E-state index is 0.0115. The van der Waals surface area contributed by atoms with Gasteiger partial charge in [0.05, 0.1) is 17.0 Å². The highest BCUT2D eigenvalue weighted by molar-refractivity contribution is 6.03. The monoisotopic (exact) mass is 535 g/mol. The fourth-order valence-corrected chi connectivity index (χ4v) is 5.50. The van der Waals surface area contributed by atoms with E-state index in [0.717, 1.165) is 18.4 Å². The maximum atomic E-state index is 13.3. The van der Waals surface area contributed by atoms with Gasteiger partial charge in [0.15, 0.2) is 5.60 Å². The Hall–Kier alpha value is -3.50. The van der Waals surface area contributed by atoms with Gasteiger partial charge in [-0.25, -0.2) is 0 Å². The average Bonchev–Trinajstić information content (AvgIpc) is 3.74. The molecule has 0 unspecified atom stereocenters. The van der Waals surface area contributed by atoms with Crippen molar-refractivity contribution < 1.29 is 23.9 Å². The molecule has 3 N–H and O–H groups in total. The van der Waals surface area contributed by atoms with Crippen LogP contribution < -0.4 is 25.6 Å². The lowest BCUT2D eigenvalue weighted by atomic mass is 9.92. The smallest absolute Gasteiger partial charge is 0.270 e. The number of fused-ring (bicyclic) bond motifs is 1. The zero-order chi connectivity index (χ0) is 27.6. The molecule has 0 radical (unpaired) electrons. The number of methoxy groups -OCH3 is 1. The van der Waals surface area contributed by atoms with Gasteiger partial charge >= 0.3 is 0 Å². The minimum Gasteiger partial charge on any atom is -0.476 e. The number of ether oxygens (including phenoxy) is 2. The van der Waals surface area contributed by atoms with Crippen LogP contribution in [0, 0.1) is 5.92 Å². The van der Waals surface area contributed by atoms with E-state index in [9.17, 15) is 14.4 Å². The summed E-state index contributed by atoms with van der Waals surface area (Å²) in [4.78, 5) is 45.3. The van der Waals surface area contributed by atoms with E-state index in [2.05, 4.69) is 20.9 Å². The van der Waals surface area contributed by atoms with E-state index in [1.807, 2.05) is 12.1 Å². The second-order valence-corrected chi connectivity index (χ2v) is 11.2. The zero-order valence-corrected chi connectivity index (χ0v) is 22.8. The number of hydrogen-bond donors (Lipinski definition) is 3. The van der Waals surface area contributed by atoms with Crippen LogP contribution in [0.15, 0.2) is 42.7 Å². The summed E-state index contributed by atoms with van der Waals surface area (Å²) in [6.07, 6.45) is 6.29. The first-order chi connectivity index (χ1) is 18.7. The molecule has 208 valence electrons. The Kier molecular flexibility index (Phi) is 7.59. The van der Waals surface area contributed by atoms with E-state index in [-0.39, 0.29) is 29.7 Å². The molecule has 1 aromatic carbocycles. The summed E-state index contributed by atoms with van der Waals surface area (Å²) in [5.41, 5.74) is 0.750. The first kappa shape index (κ1) is 27.1. The summed E-state index contributed by atoms with van der Waals surface area (Å²) >= 11 is 0. The average molecular weight is 536 g/mol. The molecule has 10 nitrogen and oxygen atoms in total. The number of carbonyl (C=O) groups excluding carboxylic acids is 3. The summed E-state index contributed by atoms with van der Waals surface area (Å²) in [6.45, 7) is 5.67. The lowest BCUT2D eigenvalue weighted by molar-refractivity contribution is -0.132. The maximum Gasteiger partial charge on any atom is 0.270 e. The van der Waals surface area contributed by atoms with Gasteiger partial charge in [0, 0.05) is 57.5 Å². The fraction of sp³-hybridized carbons (Fsp3) is 0.517. The third-order valence-electron chi connectivity index (χ3n) is 7.85. The standard InChI is InChI=1S/C29H37N5O5/c1-28(2)27(37)34(13-4-14-38-3)23-16-21(5-6-24(23)39-28)32-25(35)19-15-22(18-31-17-19)33-26(36)29(9-10-29)20-7-11-30-12-8-20/h5-8,11-12,16,19,22,31H,4,9-10,13-15,17-18H2,1-3H3,(H,32,35)(H,33,36)/t19-,22+/m1/s1. The fourth-order valence-electron chi connectivity index (χ4n) is 5.50. The van der Waals surface area contributed by atoms with Crippen LogP contribution in [0.4, 0.5) is 11.4 Å². The number of amides is 3. The largest absolute Gasteiger partial charge is 0.476 e. The van der Waals surface area contributed by atoms with Gasteiger partial charge < -0.3 is 30.3 Å². The first-order valence-electron chi connectivity index (χ1n) is 13.6. The summed E-state index contributed by atoms with van der Waals surface area (Å²) in [6, 6.07) is 9.02. The van der Waals surface area contributed by atoms with Crippen LogP contribution in [-0.2, 0) is 24.5 Å². The van der Waals surface area contributed by atoms with Gasteiger partial charge in [0.2, 0.25) is 11.8 Å². The molecule has 39 heavy (non-hydrogen) atoms. The Labute approximate surface area is 228 Å². The van der Waals surface area contributed by atoms with Crippen LogP contribution in [0.3, 0.4) is 0 Å². The number of nitrogens with zero attached hydrogens (tertiary/aromatic N) is 2. The van der Waals surface area contributed by atoms with E-state index < -0.39 is 11.0 Å². The van der Waals surface area contributed by atoms with Crippen molar-refractivity contribution in [3.63, 3.8) is 0 Å². The number of hydrogen-bond acceptors (Lipinski definition) is 7. The van der Waals surface area contributed by atoms with Crippen molar-refractivity contribution in [3.05, 3.63) is 48.3 Å². The first-order valence-corrected chi connectivity index (χ1v) is 13.6. The molecule has 2 atom stereocenters. The molecule has 1 aromatic heterocycles. The molecule has 2 aliphatic heterocycles. The van der Waals surface area contributed by atoms with Crippen molar-refractivity contribution in [2.45, 2.75) is 56.6 Å². The van der Waals surface area contributed by atoms with Crippen molar-refractivity contribution in [1.29, 1.82) is 0 Å². The number of rotatable bonds is 9. The predicted octanol–water partition coefficient (Wildman–Crippen LogP) is 2.39. The number of anilines is 2. The second-order valence-electron chi connectivity index (χ2n) is 11.2. The SMILES string of the molecule is COCCCN1C(=O)C(C)(C)Oc2ccc(NC(=O)[C@H]3CNC[C@@H](NC(=O)C4(c5ccncc5)CC4)C3)cc21. The van der Waals surface area contributed by atoms with Crippen LogP contribution >= 0.6 is 0 Å². The maximum absolute atomic E-state index is 13.3. The van der Waals surface area contributed by atoms with E-state index in [1.54, 1.807) is 56.4 Å². The van der Waals surface area contributed by atoms with Gasteiger partial charge in [-0.2, -0.15) is 0 Å². The highest BCUT2D eigenvalue weighted by Crippen LogP contribution is 2.48. The number of piperidine rings is 1. The van der Waals surface area contributed by atoms with E-state index in [1.165, 1.54) is 0 Å². The van der Waals surface area contributed by atoms with Crippen LogP contribution in [0.1, 0.15) is 45.1 Å². The number of pyridine rings is 1. The van der Waals surface area contributed by atoms with Crippen molar-refractivity contribution in [3.8, 4) is 5.75 Å². The normalized spacial score (nSPS) is 22.8. The summed E-state index contributed by atoms with van der Waals surface area (Å²) in [7, 11) is 1.63. The van der Waals surface area contributed by atoms with Gasteiger partial charge in [-0.05, 0) is 75.4 Å². The van der Waals surface area contributed by atoms with E-state index >= 15 is 0 Å². The van der Waals surface area contributed by atoms with Crippen molar-refractivity contribution in [2.24, 2.45) is 5.92 Å². The molecular formula is C29H37N5O5. The molecule has 3 aliphatic rings. The Morgan fingerprint density at radius 2 is 1.95 bits per heavy atom. The van der Waals surface area contributed by atoms with Crippen molar-refractivity contribution in [2.75, 3.05) is 43.6 Å². The van der Waals surface area contributed by atoms with Gasteiger partial charge in [0.25, 0.3) is 5.91 Å². The van der Waals surface area contributed by atoms with Crippen molar-refractivity contribution >= 4 is 29.1 Å². The second kappa shape index (κ2) is 10.9. The Morgan fingerprint density at radius 1 is 1.18 bits per heavy atom. The van der Waals surface area contributed by atoms with Crippen LogP contribution in [0.25, 0.3) is 0 Å². The topological polar surface area (TPSA) is 122 Å². The number of carbonyl (C=O) groups is 3. The predicted molar refractivity (Wildman–Crippen MR) is 147 cm³/mol. The summed E-state index contributed by atoms with van der Waals surface area (Å²) in [5, 5.41) is 9.49. The highest BCUT2D eigenvalue weighted by Gasteiger charge is 2.51. The highest BCUT2D eigenvalue weighted by atomic mass is 16.5.